The van der Waals surface area contributed by atoms with Gasteiger partial charge in [-0.15, -0.1) is 0 Å². The topological polar surface area (TPSA) is 70.5 Å². The highest BCUT2D eigenvalue weighted by molar-refractivity contribution is 5.54. The first kappa shape index (κ1) is 30.3. The molecule has 0 aliphatic rings. The molecule has 0 atom stereocenters. The van der Waals surface area contributed by atoms with Crippen molar-refractivity contribution < 1.29 is 35.8 Å². The number of hydrogen-bond acceptors (Lipinski definition) is 4. The lowest BCUT2D eigenvalue weighted by atomic mass is 9.71. The molecule has 10 heteroatoms. The molecule has 0 unspecified atom stereocenters. The van der Waals surface area contributed by atoms with E-state index in [0.717, 1.165) is 28.8 Å². The number of ether oxygens (including phenoxy) is 2. The van der Waals surface area contributed by atoms with Crippen LogP contribution in [0.3, 0.4) is 0 Å². The lowest BCUT2D eigenvalue weighted by Crippen LogP contribution is -2.25. The van der Waals surface area contributed by atoms with Gasteiger partial charge >= 0.3 is 12.4 Å². The first-order valence-electron chi connectivity index (χ1n) is 13.3. The number of nitrogen functional groups attached to an aromatic ring is 2. The molecular formula is C34H26F6N2O2. The molecule has 0 aliphatic heterocycles. The molecule has 44 heavy (non-hydrogen) atoms. The van der Waals surface area contributed by atoms with E-state index in [9.17, 15) is 26.3 Å². The summed E-state index contributed by atoms with van der Waals surface area (Å²) < 4.78 is 92.6. The molecule has 0 heterocycles. The van der Waals surface area contributed by atoms with Crippen LogP contribution in [-0.4, -0.2) is 0 Å². The number of rotatable bonds is 7. The van der Waals surface area contributed by atoms with Crippen LogP contribution in [-0.2, 0) is 17.8 Å². The van der Waals surface area contributed by atoms with Crippen LogP contribution in [0.1, 0.15) is 34.7 Å². The second-order valence-electron chi connectivity index (χ2n) is 10.3. The van der Waals surface area contributed by atoms with E-state index in [-0.39, 0.29) is 34.4 Å². The van der Waals surface area contributed by atoms with E-state index < -0.39 is 28.9 Å². The van der Waals surface area contributed by atoms with Crippen molar-refractivity contribution in [1.29, 1.82) is 0 Å². The van der Waals surface area contributed by atoms with Gasteiger partial charge in [-0.2, -0.15) is 26.3 Å². The van der Waals surface area contributed by atoms with E-state index in [4.69, 9.17) is 20.9 Å². The second kappa shape index (κ2) is 11.5. The Hall–Kier alpha value is -5.12. The fraction of sp³-hybridized carbons (Fsp3) is 0.118. The van der Waals surface area contributed by atoms with Crippen LogP contribution in [0.25, 0.3) is 0 Å². The third kappa shape index (κ3) is 6.29. The van der Waals surface area contributed by atoms with Crippen molar-refractivity contribution in [3.63, 3.8) is 0 Å². The fourth-order valence-electron chi connectivity index (χ4n) is 4.95. The fourth-order valence-corrected chi connectivity index (χ4v) is 4.95. The number of anilines is 2. The molecule has 0 spiro atoms. The van der Waals surface area contributed by atoms with Gasteiger partial charge in [0.1, 0.15) is 34.1 Å². The monoisotopic (exact) mass is 608 g/mol. The average molecular weight is 609 g/mol. The maximum atomic E-state index is 13.6. The van der Waals surface area contributed by atoms with Gasteiger partial charge in [-0.05, 0) is 84.3 Å². The van der Waals surface area contributed by atoms with Gasteiger partial charge in [-0.3, -0.25) is 0 Å². The van der Waals surface area contributed by atoms with Gasteiger partial charge < -0.3 is 20.9 Å². The number of nitrogens with two attached hydrogens (primary N) is 2. The molecular weight excluding hydrogens is 582 g/mol. The summed E-state index contributed by atoms with van der Waals surface area (Å²) in [5, 5.41) is 0. The molecule has 4 N–H and O–H groups in total. The number of hydrogen-bond donors (Lipinski definition) is 2. The quantitative estimate of drug-likeness (QED) is 0.110. The molecule has 4 nitrogen and oxygen atoms in total. The van der Waals surface area contributed by atoms with Gasteiger partial charge in [-0.1, -0.05) is 54.6 Å². The first-order valence-corrected chi connectivity index (χ1v) is 13.3. The molecule has 0 bridgehead atoms. The third-order valence-corrected chi connectivity index (χ3v) is 7.29. The standard InChI is InChI=1S/C34H26F6N2O2/c1-32(21-5-3-2-4-6-21,22-7-13-26(14-8-22)43-30-17-11-24(41)19-28(30)33(35,36)37)23-9-15-27(16-10-23)44-31-18-12-25(42)20-29(31)34(38,39)40/h2-20H,41-42H2,1H3. The van der Waals surface area contributed by atoms with Crippen molar-refractivity contribution in [2.75, 3.05) is 11.5 Å². The van der Waals surface area contributed by atoms with Crippen LogP contribution in [0.5, 0.6) is 23.0 Å². The Labute approximate surface area is 249 Å². The Balaban J connectivity index is 1.47. The van der Waals surface area contributed by atoms with Gasteiger partial charge in [-0.25, -0.2) is 0 Å². The minimum absolute atomic E-state index is 0.0377. The van der Waals surface area contributed by atoms with Crippen molar-refractivity contribution in [2.24, 2.45) is 0 Å². The van der Waals surface area contributed by atoms with Crippen LogP contribution in [0, 0.1) is 0 Å². The van der Waals surface area contributed by atoms with Crippen LogP contribution in [0.4, 0.5) is 37.7 Å². The number of benzene rings is 5. The maximum absolute atomic E-state index is 13.6. The number of alkyl halides is 6. The van der Waals surface area contributed by atoms with Gasteiger partial charge in [0.2, 0.25) is 0 Å². The van der Waals surface area contributed by atoms with E-state index in [2.05, 4.69) is 0 Å². The smallest absolute Gasteiger partial charge is 0.420 e. The Morgan fingerprint density at radius 2 is 0.841 bits per heavy atom. The lowest BCUT2D eigenvalue weighted by molar-refractivity contribution is -0.139. The summed E-state index contributed by atoms with van der Waals surface area (Å²) in [6.07, 6.45) is -9.32. The van der Waals surface area contributed by atoms with E-state index in [0.29, 0.717) is 0 Å². The van der Waals surface area contributed by atoms with Crippen molar-refractivity contribution in [3.05, 3.63) is 143 Å². The Bertz CT molecular complexity index is 1640. The third-order valence-electron chi connectivity index (χ3n) is 7.29. The van der Waals surface area contributed by atoms with Gasteiger partial charge in [0.05, 0.1) is 0 Å². The average Bonchev–Trinajstić information content (AvgIpc) is 2.99. The molecule has 5 rings (SSSR count). The molecule has 0 amide bonds. The molecule has 0 saturated carbocycles. The zero-order chi connectivity index (χ0) is 31.7. The summed E-state index contributed by atoms with van der Waals surface area (Å²) >= 11 is 0. The van der Waals surface area contributed by atoms with Crippen molar-refractivity contribution in [2.45, 2.75) is 24.7 Å². The normalized spacial score (nSPS) is 12.2. The van der Waals surface area contributed by atoms with E-state index in [1.807, 2.05) is 37.3 Å². The molecule has 0 aliphatic carbocycles. The van der Waals surface area contributed by atoms with Crippen LogP contribution >= 0.6 is 0 Å². The molecule has 0 saturated heterocycles. The molecule has 0 fully saturated rings. The summed E-state index contributed by atoms with van der Waals surface area (Å²) in [5.41, 5.74) is 10.8. The molecule has 5 aromatic carbocycles. The second-order valence-corrected chi connectivity index (χ2v) is 10.3. The number of halogens is 6. The van der Waals surface area contributed by atoms with E-state index in [1.165, 1.54) is 24.3 Å². The van der Waals surface area contributed by atoms with Crippen molar-refractivity contribution >= 4 is 11.4 Å². The van der Waals surface area contributed by atoms with Gasteiger partial charge in [0.15, 0.2) is 0 Å². The van der Waals surface area contributed by atoms with Gasteiger partial charge in [0.25, 0.3) is 0 Å². The Morgan fingerprint density at radius 3 is 1.20 bits per heavy atom. The SMILES string of the molecule is CC(c1ccccc1)(c1ccc(Oc2ccc(N)cc2C(F)(F)F)cc1)c1ccc(Oc2ccc(N)cc2C(F)(F)F)cc1. The lowest BCUT2D eigenvalue weighted by Gasteiger charge is -2.32. The summed E-state index contributed by atoms with van der Waals surface area (Å²) in [6.45, 7) is 1.97. The molecule has 0 aromatic heterocycles. The van der Waals surface area contributed by atoms with Crippen LogP contribution in [0.15, 0.2) is 115 Å². The first-order chi connectivity index (χ1) is 20.7. The highest BCUT2D eigenvalue weighted by atomic mass is 19.4. The van der Waals surface area contributed by atoms with E-state index >= 15 is 0 Å². The summed E-state index contributed by atoms with van der Waals surface area (Å²) in [7, 11) is 0. The zero-order valence-corrected chi connectivity index (χ0v) is 23.2. The van der Waals surface area contributed by atoms with Crippen molar-refractivity contribution in [1.82, 2.24) is 0 Å². The largest absolute Gasteiger partial charge is 0.457 e. The molecule has 5 aromatic rings. The predicted molar refractivity (Wildman–Crippen MR) is 157 cm³/mol. The zero-order valence-electron chi connectivity index (χ0n) is 23.2. The van der Waals surface area contributed by atoms with Gasteiger partial charge in [0, 0.05) is 16.8 Å². The molecule has 0 radical (unpaired) electrons. The summed E-state index contributed by atoms with van der Waals surface area (Å²) in [5.74, 6) is -0.384. The maximum Gasteiger partial charge on any atom is 0.420 e. The highest BCUT2D eigenvalue weighted by Crippen LogP contribution is 2.43. The van der Waals surface area contributed by atoms with Crippen molar-refractivity contribution in [3.8, 4) is 23.0 Å². The highest BCUT2D eigenvalue weighted by Gasteiger charge is 2.36. The minimum Gasteiger partial charge on any atom is -0.457 e. The predicted octanol–water partition coefficient (Wildman–Crippen LogP) is 9.83. The minimum atomic E-state index is -4.66. The van der Waals surface area contributed by atoms with Crippen LogP contribution < -0.4 is 20.9 Å². The molecule has 226 valence electrons. The summed E-state index contributed by atoms with van der Waals surface area (Å²) in [4.78, 5) is 0. The van der Waals surface area contributed by atoms with Crippen LogP contribution in [0.2, 0.25) is 0 Å². The Kier molecular flexibility index (Phi) is 7.94. The summed E-state index contributed by atoms with van der Waals surface area (Å²) in [6, 6.07) is 29.4. The Morgan fingerprint density at radius 1 is 0.477 bits per heavy atom. The van der Waals surface area contributed by atoms with E-state index in [1.54, 1.807) is 48.5 Å².